The molecule has 4 atom stereocenters. The van der Waals surface area contributed by atoms with Crippen LogP contribution in [0.1, 0.15) is 29.9 Å². The maximum atomic E-state index is 13.1. The number of hydrogen-bond donors (Lipinski definition) is 1. The van der Waals surface area contributed by atoms with Crippen molar-refractivity contribution in [2.75, 3.05) is 13.7 Å². The number of esters is 1. The molecular weight excluding hydrogens is 777 g/mol. The summed E-state index contributed by atoms with van der Waals surface area (Å²) in [5, 5.41) is 2.76. The Kier molecular flexibility index (Phi) is 7.01. The van der Waals surface area contributed by atoms with Crippen molar-refractivity contribution < 1.29 is 23.9 Å². The number of amides is 2. The smallest absolute Gasteiger partial charge is 0.407 e. The van der Waals surface area contributed by atoms with E-state index in [0.717, 1.165) is 29.4 Å². The van der Waals surface area contributed by atoms with Gasteiger partial charge in [0.1, 0.15) is 18.7 Å². The van der Waals surface area contributed by atoms with E-state index in [1.54, 1.807) is 4.90 Å². The first-order valence-electron chi connectivity index (χ1n) is 10.9. The topological polar surface area (TPSA) is 84.9 Å². The molecule has 2 amide bonds. The average molecular weight is 798 g/mol. The third-order valence-corrected chi connectivity index (χ3v) is 9.72. The summed E-state index contributed by atoms with van der Waals surface area (Å²) in [6.07, 6.45) is 0.666. The third-order valence-electron chi connectivity index (χ3n) is 6.83. The largest absolute Gasteiger partial charge is 0.467 e. The first-order chi connectivity index (χ1) is 16.3. The fourth-order valence-electron chi connectivity index (χ4n) is 5.30. The lowest BCUT2D eigenvalue weighted by molar-refractivity contribution is -0.150. The number of fused-ring (bicyclic) bond motifs is 4. The highest BCUT2D eigenvalue weighted by Crippen LogP contribution is 2.46. The molecule has 0 saturated carbocycles. The molecule has 1 N–H and O–H groups in total. The van der Waals surface area contributed by atoms with Crippen LogP contribution in [0.2, 0.25) is 0 Å². The van der Waals surface area contributed by atoms with Gasteiger partial charge < -0.3 is 19.7 Å². The zero-order valence-electron chi connectivity index (χ0n) is 18.1. The number of nitrogens with zero attached hydrogens (tertiary/aromatic N) is 1. The number of nitrogens with one attached hydrogen (secondary N) is 1. The quantitative estimate of drug-likeness (QED) is 0.281. The van der Waals surface area contributed by atoms with Crippen LogP contribution in [0, 0.1) is 7.14 Å². The van der Waals surface area contributed by atoms with E-state index in [9.17, 15) is 14.4 Å². The molecule has 0 unspecified atom stereocenters. The van der Waals surface area contributed by atoms with Crippen LogP contribution in [0.25, 0.3) is 11.1 Å². The summed E-state index contributed by atoms with van der Waals surface area (Å²) in [7, 11) is 1.33. The summed E-state index contributed by atoms with van der Waals surface area (Å²) in [5.74, 6) is -0.734. The van der Waals surface area contributed by atoms with Crippen molar-refractivity contribution in [3.63, 3.8) is 0 Å². The van der Waals surface area contributed by atoms with Crippen LogP contribution >= 0.6 is 67.8 Å². The van der Waals surface area contributed by atoms with Crippen LogP contribution in [0.3, 0.4) is 0 Å². The summed E-state index contributed by atoms with van der Waals surface area (Å²) in [6, 6.07) is 11.3. The lowest BCUT2D eigenvalue weighted by atomic mass is 9.98. The number of benzene rings is 2. The Morgan fingerprint density at radius 2 is 1.68 bits per heavy atom. The molecule has 5 rings (SSSR count). The predicted octanol–water partition coefficient (Wildman–Crippen LogP) is 4.45. The van der Waals surface area contributed by atoms with Crippen molar-refractivity contribution >= 4 is 85.7 Å². The summed E-state index contributed by atoms with van der Waals surface area (Å²) in [5.41, 5.74) is 4.60. The number of carbonyl (C=O) groups is 3. The van der Waals surface area contributed by atoms with Gasteiger partial charge in [-0.25, -0.2) is 9.59 Å². The maximum Gasteiger partial charge on any atom is 0.407 e. The number of alkyl carbamates (subject to hydrolysis) is 1. The van der Waals surface area contributed by atoms with Crippen molar-refractivity contribution in [2.45, 2.75) is 40.8 Å². The second-order valence-electron chi connectivity index (χ2n) is 8.61. The number of halogens is 3. The number of alkyl halides is 1. The van der Waals surface area contributed by atoms with Crippen molar-refractivity contribution in [1.29, 1.82) is 0 Å². The fourth-order valence-corrected chi connectivity index (χ4v) is 7.53. The molecule has 1 aliphatic carbocycles. The van der Waals surface area contributed by atoms with Crippen LogP contribution in [0.15, 0.2) is 36.4 Å². The minimum Gasteiger partial charge on any atom is -0.467 e. The summed E-state index contributed by atoms with van der Waals surface area (Å²) in [4.78, 5) is 39.6. The molecule has 2 aromatic rings. The van der Waals surface area contributed by atoms with E-state index in [4.69, 9.17) is 9.47 Å². The van der Waals surface area contributed by atoms with Crippen molar-refractivity contribution in [3.8, 4) is 11.1 Å². The van der Waals surface area contributed by atoms with Gasteiger partial charge in [0.05, 0.1) is 11.0 Å². The van der Waals surface area contributed by atoms with E-state index >= 15 is 0 Å². The van der Waals surface area contributed by atoms with Crippen molar-refractivity contribution in [1.82, 2.24) is 10.2 Å². The van der Waals surface area contributed by atoms with Gasteiger partial charge in [-0.15, -0.1) is 0 Å². The average Bonchev–Trinajstić information content (AvgIpc) is 3.45. The van der Waals surface area contributed by atoms with Crippen LogP contribution in [-0.2, 0) is 19.1 Å². The molecule has 3 aliphatic rings. The van der Waals surface area contributed by atoms with E-state index in [2.05, 4.69) is 109 Å². The molecule has 0 aromatic heterocycles. The summed E-state index contributed by atoms with van der Waals surface area (Å²) in [6.45, 7) is 0.177. The van der Waals surface area contributed by atoms with Gasteiger partial charge in [0.15, 0.2) is 0 Å². The van der Waals surface area contributed by atoms with Gasteiger partial charge in [0, 0.05) is 19.1 Å². The second-order valence-corrected chi connectivity index (χ2v) is 12.5. The number of carbonyl (C=O) groups excluding carboxylic acids is 3. The lowest BCUT2D eigenvalue weighted by Gasteiger charge is -2.22. The molecule has 0 spiro atoms. The Bertz CT molecular complexity index is 1140. The molecule has 2 fully saturated rings. The highest BCUT2D eigenvalue weighted by Gasteiger charge is 2.55. The van der Waals surface area contributed by atoms with Crippen LogP contribution in [-0.4, -0.2) is 58.6 Å². The summed E-state index contributed by atoms with van der Waals surface area (Å²) < 4.78 is 12.6. The molecule has 2 aliphatic heterocycles. The molecule has 0 bridgehead atoms. The van der Waals surface area contributed by atoms with Gasteiger partial charge in [0.2, 0.25) is 5.91 Å². The van der Waals surface area contributed by atoms with Gasteiger partial charge in [-0.1, -0.05) is 34.7 Å². The Morgan fingerprint density at radius 3 is 2.26 bits per heavy atom. The highest BCUT2D eigenvalue weighted by molar-refractivity contribution is 14.1. The monoisotopic (exact) mass is 798 g/mol. The zero-order valence-corrected chi connectivity index (χ0v) is 24.6. The molecule has 34 heavy (non-hydrogen) atoms. The van der Waals surface area contributed by atoms with Crippen LogP contribution < -0.4 is 5.32 Å². The molecule has 2 aromatic carbocycles. The zero-order chi connectivity index (χ0) is 24.1. The number of ether oxygens (including phenoxy) is 2. The molecule has 0 radical (unpaired) electrons. The SMILES string of the molecule is COC(=O)[C@@H]1CC[C@H]2[C@@H](I)[C@H](NC(=O)OCC3c4cc(I)ccc4-c4ccc(I)cc43)C(=O)N12. The van der Waals surface area contributed by atoms with E-state index in [1.165, 1.54) is 7.11 Å². The second kappa shape index (κ2) is 9.71. The van der Waals surface area contributed by atoms with Crippen molar-refractivity contribution in [2.24, 2.45) is 0 Å². The third kappa shape index (κ3) is 4.20. The minimum absolute atomic E-state index is 0.0679. The van der Waals surface area contributed by atoms with Crippen molar-refractivity contribution in [3.05, 3.63) is 54.7 Å². The standard InChI is InChI=1S/C24H21I3N2O5/c1-33-23(31)19-7-6-18-20(27)21(22(30)29(18)19)28-24(32)34-10-17-15-8-11(25)2-4-13(15)14-5-3-12(26)9-16(14)17/h2-5,8-9,17-21H,6-7,10H2,1H3,(H,28,32)/t18-,19-,20+,21-/m0/s1. The van der Waals surface area contributed by atoms with E-state index in [0.29, 0.717) is 12.8 Å². The minimum atomic E-state index is -0.726. The van der Waals surface area contributed by atoms with E-state index in [1.807, 2.05) is 0 Å². The summed E-state index contributed by atoms with van der Waals surface area (Å²) >= 11 is 6.78. The first-order valence-corrected chi connectivity index (χ1v) is 14.3. The lowest BCUT2D eigenvalue weighted by Crippen LogP contribution is -2.47. The molecule has 2 heterocycles. The van der Waals surface area contributed by atoms with Gasteiger partial charge in [-0.2, -0.15) is 0 Å². The van der Waals surface area contributed by atoms with E-state index in [-0.39, 0.29) is 28.4 Å². The van der Waals surface area contributed by atoms with Crippen LogP contribution in [0.4, 0.5) is 4.79 Å². The number of rotatable bonds is 4. The molecule has 2 saturated heterocycles. The number of hydrogen-bond acceptors (Lipinski definition) is 5. The van der Waals surface area contributed by atoms with Crippen LogP contribution in [0.5, 0.6) is 0 Å². The fraction of sp³-hybridized carbons (Fsp3) is 0.375. The highest BCUT2D eigenvalue weighted by atomic mass is 127. The van der Waals surface area contributed by atoms with Gasteiger partial charge in [-0.3, -0.25) is 4.79 Å². The Hall–Kier alpha value is -1.16. The Labute approximate surface area is 238 Å². The van der Waals surface area contributed by atoms with Gasteiger partial charge in [-0.05, 0) is 105 Å². The van der Waals surface area contributed by atoms with Gasteiger partial charge >= 0.3 is 12.1 Å². The predicted molar refractivity (Wildman–Crippen MR) is 151 cm³/mol. The Morgan fingerprint density at radius 1 is 1.06 bits per heavy atom. The molecule has 178 valence electrons. The molecular formula is C24H21I3N2O5. The number of methoxy groups -OCH3 is 1. The molecule has 7 nitrogen and oxygen atoms in total. The normalized spacial score (nSPS) is 25.1. The van der Waals surface area contributed by atoms with E-state index < -0.39 is 24.1 Å². The first kappa shape index (κ1) is 24.5. The van der Waals surface area contributed by atoms with Gasteiger partial charge in [0.25, 0.3) is 0 Å². The molecule has 10 heteroatoms. The Balaban J connectivity index is 1.29. The maximum absolute atomic E-state index is 13.1.